The van der Waals surface area contributed by atoms with Crippen molar-refractivity contribution in [3.05, 3.63) is 121 Å². The molecule has 0 aromatic heterocycles. The third kappa shape index (κ3) is 7.93. The van der Waals surface area contributed by atoms with Crippen molar-refractivity contribution in [2.24, 2.45) is 0 Å². The SMILES string of the molecule is CCOC(=O)C(CCCCCC(C(=O)OCC)P(=O)(c1ccccc1)c1ccccc1)P(=O)(c1ccccc1)c1ccccc1. The van der Waals surface area contributed by atoms with Crippen molar-refractivity contribution in [1.82, 2.24) is 0 Å². The fraction of sp³-hybridized carbons (Fsp3) is 0.297. The predicted octanol–water partition coefficient (Wildman–Crippen LogP) is 6.83. The highest BCUT2D eigenvalue weighted by Gasteiger charge is 2.43. The van der Waals surface area contributed by atoms with Crippen molar-refractivity contribution in [2.45, 2.75) is 57.3 Å². The van der Waals surface area contributed by atoms with Crippen LogP contribution < -0.4 is 21.2 Å². The summed E-state index contributed by atoms with van der Waals surface area (Å²) in [5, 5.41) is 2.46. The van der Waals surface area contributed by atoms with Crippen LogP contribution in [0.4, 0.5) is 0 Å². The molecule has 0 aliphatic carbocycles. The first-order valence-electron chi connectivity index (χ1n) is 15.6. The molecule has 0 amide bonds. The normalized spacial score (nSPS) is 13.0. The molecule has 8 heteroatoms. The second-order valence-corrected chi connectivity index (χ2v) is 16.8. The fourth-order valence-electron chi connectivity index (χ4n) is 5.84. The highest BCUT2D eigenvalue weighted by molar-refractivity contribution is 7.80. The molecule has 0 spiro atoms. The Morgan fingerprint density at radius 3 is 1.00 bits per heavy atom. The molecule has 2 unspecified atom stereocenters. The number of carbonyl (C=O) groups is 2. The molecule has 0 bridgehead atoms. The van der Waals surface area contributed by atoms with E-state index < -0.39 is 37.5 Å². The minimum Gasteiger partial charge on any atom is -0.465 e. The fourth-order valence-corrected chi connectivity index (χ4v) is 12.2. The molecule has 0 radical (unpaired) electrons. The molecule has 4 rings (SSSR count). The van der Waals surface area contributed by atoms with Crippen LogP contribution in [0.5, 0.6) is 0 Å². The van der Waals surface area contributed by atoms with Gasteiger partial charge in [0.2, 0.25) is 0 Å². The molecule has 6 nitrogen and oxygen atoms in total. The lowest BCUT2D eigenvalue weighted by Gasteiger charge is -2.28. The van der Waals surface area contributed by atoms with E-state index >= 15 is 9.13 Å². The summed E-state index contributed by atoms with van der Waals surface area (Å²) in [6, 6.07) is 36.6. The highest BCUT2D eigenvalue weighted by atomic mass is 31.2. The Bertz CT molecular complexity index is 1390. The average molecular weight is 645 g/mol. The summed E-state index contributed by atoms with van der Waals surface area (Å²) < 4.78 is 41.0. The first-order chi connectivity index (χ1) is 21.9. The van der Waals surface area contributed by atoms with Crippen molar-refractivity contribution in [1.29, 1.82) is 0 Å². The van der Waals surface area contributed by atoms with Gasteiger partial charge in [0.15, 0.2) is 14.3 Å². The number of carbonyl (C=O) groups excluding carboxylic acids is 2. The summed E-state index contributed by atoms with van der Waals surface area (Å²) in [6.45, 7) is 3.87. The van der Waals surface area contributed by atoms with Crippen molar-refractivity contribution < 1.29 is 28.2 Å². The van der Waals surface area contributed by atoms with E-state index in [1.54, 1.807) is 13.8 Å². The lowest BCUT2D eigenvalue weighted by Crippen LogP contribution is -2.33. The minimum absolute atomic E-state index is 0.189. The third-order valence-electron chi connectivity index (χ3n) is 8.01. The molecule has 0 aliphatic heterocycles. The van der Waals surface area contributed by atoms with Crippen LogP contribution in [0.1, 0.15) is 46.0 Å². The molecule has 4 aromatic carbocycles. The summed E-state index contributed by atoms with van der Waals surface area (Å²) >= 11 is 0. The smallest absolute Gasteiger partial charge is 0.317 e. The van der Waals surface area contributed by atoms with Crippen LogP contribution >= 0.6 is 14.3 Å². The maximum absolute atomic E-state index is 15.0. The molecular formula is C37H42O6P2. The summed E-state index contributed by atoms with van der Waals surface area (Å²) in [6.07, 6.45) is 2.48. The van der Waals surface area contributed by atoms with Crippen LogP contribution in [0.3, 0.4) is 0 Å². The monoisotopic (exact) mass is 644 g/mol. The van der Waals surface area contributed by atoms with E-state index in [9.17, 15) is 9.59 Å². The lowest BCUT2D eigenvalue weighted by atomic mass is 10.1. The number of rotatable bonds is 16. The molecule has 0 fully saturated rings. The van der Waals surface area contributed by atoms with Gasteiger partial charge in [-0.25, -0.2) is 0 Å². The van der Waals surface area contributed by atoms with E-state index in [0.717, 1.165) is 0 Å². The van der Waals surface area contributed by atoms with Gasteiger partial charge in [-0.05, 0) is 26.7 Å². The number of benzene rings is 4. The van der Waals surface area contributed by atoms with Crippen LogP contribution in [0.2, 0.25) is 0 Å². The minimum atomic E-state index is -3.41. The van der Waals surface area contributed by atoms with Crippen molar-refractivity contribution in [2.75, 3.05) is 13.2 Å². The number of esters is 2. The van der Waals surface area contributed by atoms with Gasteiger partial charge < -0.3 is 18.6 Å². The van der Waals surface area contributed by atoms with Crippen LogP contribution in [0, 0.1) is 0 Å². The average Bonchev–Trinajstić information content (AvgIpc) is 3.09. The lowest BCUT2D eigenvalue weighted by molar-refractivity contribution is -0.143. The number of hydrogen-bond acceptors (Lipinski definition) is 6. The van der Waals surface area contributed by atoms with Crippen molar-refractivity contribution in [3.63, 3.8) is 0 Å². The van der Waals surface area contributed by atoms with E-state index in [4.69, 9.17) is 9.47 Å². The molecule has 0 saturated heterocycles. The van der Waals surface area contributed by atoms with Gasteiger partial charge >= 0.3 is 11.9 Å². The Balaban J connectivity index is 1.58. The van der Waals surface area contributed by atoms with Gasteiger partial charge in [0.05, 0.1) is 13.2 Å². The molecule has 0 N–H and O–H groups in total. The second-order valence-electron chi connectivity index (χ2n) is 10.8. The largest absolute Gasteiger partial charge is 0.465 e. The quantitative estimate of drug-likeness (QED) is 0.0756. The van der Waals surface area contributed by atoms with E-state index in [-0.39, 0.29) is 13.2 Å². The zero-order valence-corrected chi connectivity index (χ0v) is 27.8. The van der Waals surface area contributed by atoms with Gasteiger partial charge in [0.1, 0.15) is 11.3 Å². The van der Waals surface area contributed by atoms with Gasteiger partial charge in [0.25, 0.3) is 0 Å². The van der Waals surface area contributed by atoms with Gasteiger partial charge in [0, 0.05) is 21.2 Å². The zero-order chi connectivity index (χ0) is 32.1. The van der Waals surface area contributed by atoms with Crippen LogP contribution in [0.15, 0.2) is 121 Å². The van der Waals surface area contributed by atoms with Gasteiger partial charge in [-0.3, -0.25) is 9.59 Å². The molecule has 2 atom stereocenters. The number of hydrogen-bond donors (Lipinski definition) is 0. The van der Waals surface area contributed by atoms with Gasteiger partial charge in [-0.1, -0.05) is 141 Å². The maximum Gasteiger partial charge on any atom is 0.317 e. The summed E-state index contributed by atoms with van der Waals surface area (Å²) in [4.78, 5) is 26.8. The number of ether oxygens (including phenoxy) is 2. The Labute approximate surface area is 266 Å². The van der Waals surface area contributed by atoms with Crippen LogP contribution in [0.25, 0.3) is 0 Å². The summed E-state index contributed by atoms with van der Waals surface area (Å²) in [7, 11) is -6.82. The molecular weight excluding hydrogens is 602 g/mol. The Morgan fingerprint density at radius 1 is 0.489 bits per heavy atom. The highest BCUT2D eigenvalue weighted by Crippen LogP contribution is 2.52. The van der Waals surface area contributed by atoms with Crippen LogP contribution in [-0.2, 0) is 28.2 Å². The molecule has 0 heterocycles. The molecule has 0 saturated carbocycles. The topological polar surface area (TPSA) is 86.7 Å². The number of unbranched alkanes of at least 4 members (excludes halogenated alkanes) is 2. The molecule has 4 aromatic rings. The Morgan fingerprint density at radius 2 is 0.756 bits per heavy atom. The van der Waals surface area contributed by atoms with Crippen molar-refractivity contribution in [3.8, 4) is 0 Å². The van der Waals surface area contributed by atoms with Gasteiger partial charge in [-0.15, -0.1) is 0 Å². The summed E-state index contributed by atoms with van der Waals surface area (Å²) in [5.74, 6) is -0.953. The van der Waals surface area contributed by atoms with E-state index in [1.807, 2.05) is 121 Å². The first kappa shape index (κ1) is 34.2. The summed E-state index contributed by atoms with van der Waals surface area (Å²) in [5.41, 5.74) is -1.72. The third-order valence-corrected chi connectivity index (χ3v) is 15.0. The van der Waals surface area contributed by atoms with Crippen LogP contribution in [-0.4, -0.2) is 36.5 Å². The Kier molecular flexibility index (Phi) is 12.6. The first-order valence-corrected chi connectivity index (χ1v) is 19.2. The zero-order valence-electron chi connectivity index (χ0n) is 26.0. The van der Waals surface area contributed by atoms with Gasteiger partial charge in [-0.2, -0.15) is 0 Å². The standard InChI is InChI=1S/C37H42O6P2/c1-3-42-36(38)34(44(40,30-20-10-5-11-21-30)31-22-12-6-13-23-31)28-18-9-19-29-35(37(39)43-4-2)45(41,32-24-14-7-15-25-32)33-26-16-8-17-27-33/h5-8,10-17,20-27,34-35H,3-4,9,18-19,28-29H2,1-2H3. The molecule has 45 heavy (non-hydrogen) atoms. The second kappa shape index (κ2) is 16.5. The van der Waals surface area contributed by atoms with Crippen molar-refractivity contribution >= 4 is 47.4 Å². The maximum atomic E-state index is 15.0. The molecule has 0 aliphatic rings. The molecule has 236 valence electrons. The van der Waals surface area contributed by atoms with E-state index in [0.29, 0.717) is 53.3 Å². The van der Waals surface area contributed by atoms with E-state index in [1.165, 1.54) is 0 Å². The van der Waals surface area contributed by atoms with E-state index in [2.05, 4.69) is 0 Å². The predicted molar refractivity (Wildman–Crippen MR) is 183 cm³/mol. The Hall–Kier alpha value is -3.72.